The topological polar surface area (TPSA) is 55.8 Å². The van der Waals surface area contributed by atoms with E-state index < -0.39 is 0 Å². The third-order valence-electron chi connectivity index (χ3n) is 5.12. The highest BCUT2D eigenvalue weighted by Crippen LogP contribution is 2.47. The van der Waals surface area contributed by atoms with Gasteiger partial charge in [0.15, 0.2) is 0 Å². The van der Waals surface area contributed by atoms with Crippen molar-refractivity contribution in [2.24, 2.45) is 5.92 Å². The summed E-state index contributed by atoms with van der Waals surface area (Å²) in [6.07, 6.45) is 2.76. The molecule has 2 aromatic heterocycles. The van der Waals surface area contributed by atoms with E-state index in [4.69, 9.17) is 25.2 Å². The quantitative estimate of drug-likeness (QED) is 0.526. The van der Waals surface area contributed by atoms with Gasteiger partial charge in [-0.2, -0.15) is 0 Å². The fraction of sp³-hybridized carbons (Fsp3) is 0.318. The maximum atomic E-state index is 13.2. The number of nitrogens with zero attached hydrogens (tertiary/aromatic N) is 1. The number of halogens is 1. The Morgan fingerprint density at radius 3 is 2.64 bits per heavy atom. The van der Waals surface area contributed by atoms with Gasteiger partial charge in [-0.05, 0) is 54.8 Å². The number of carbonyl (C=O) groups excluding carboxylic acids is 1. The highest BCUT2D eigenvalue weighted by molar-refractivity contribution is 6.32. The summed E-state index contributed by atoms with van der Waals surface area (Å²) in [4.78, 5) is 14.9. The van der Waals surface area contributed by atoms with Crippen molar-refractivity contribution in [2.45, 2.75) is 32.4 Å². The lowest BCUT2D eigenvalue weighted by Gasteiger charge is -2.21. The van der Waals surface area contributed by atoms with Gasteiger partial charge in [0.2, 0.25) is 0 Å². The molecule has 1 amide bonds. The van der Waals surface area contributed by atoms with E-state index in [9.17, 15) is 4.79 Å². The normalized spacial score (nSPS) is 18.1. The Labute approximate surface area is 168 Å². The molecule has 6 heteroatoms. The zero-order valence-electron chi connectivity index (χ0n) is 15.9. The Morgan fingerprint density at radius 1 is 1.21 bits per heavy atom. The second-order valence-electron chi connectivity index (χ2n) is 7.21. The minimum Gasteiger partial charge on any atom is -0.495 e. The molecule has 0 bridgehead atoms. The van der Waals surface area contributed by atoms with Crippen molar-refractivity contribution in [3.63, 3.8) is 0 Å². The maximum Gasteiger partial charge on any atom is 0.254 e. The number of ether oxygens (including phenoxy) is 1. The monoisotopic (exact) mass is 399 g/mol. The number of amides is 1. The number of hydrogen-bond acceptors (Lipinski definition) is 4. The van der Waals surface area contributed by atoms with Crippen LogP contribution in [0.5, 0.6) is 5.75 Å². The van der Waals surface area contributed by atoms with E-state index in [-0.39, 0.29) is 5.91 Å². The molecule has 1 aromatic carbocycles. The first-order chi connectivity index (χ1) is 13.5. The van der Waals surface area contributed by atoms with Gasteiger partial charge in [0.05, 0.1) is 31.5 Å². The van der Waals surface area contributed by atoms with Gasteiger partial charge in [-0.1, -0.05) is 18.5 Å². The molecule has 3 aromatic rings. The van der Waals surface area contributed by atoms with Crippen molar-refractivity contribution in [3.05, 3.63) is 76.6 Å². The minimum absolute atomic E-state index is 0.154. The van der Waals surface area contributed by atoms with Crippen molar-refractivity contribution in [3.8, 4) is 5.75 Å². The average Bonchev–Trinajstić information content (AvgIpc) is 3.07. The van der Waals surface area contributed by atoms with E-state index in [0.29, 0.717) is 47.0 Å². The molecular weight excluding hydrogens is 378 g/mol. The molecule has 4 rings (SSSR count). The second kappa shape index (κ2) is 7.76. The molecule has 2 heterocycles. The van der Waals surface area contributed by atoms with Crippen molar-refractivity contribution in [1.82, 2.24) is 4.90 Å². The number of furan rings is 2. The van der Waals surface area contributed by atoms with Crippen LogP contribution in [0.3, 0.4) is 0 Å². The minimum atomic E-state index is -0.154. The van der Waals surface area contributed by atoms with Crippen LogP contribution in [0.1, 0.15) is 46.9 Å². The maximum absolute atomic E-state index is 13.2. The number of benzene rings is 1. The molecule has 5 nitrogen and oxygen atoms in total. The van der Waals surface area contributed by atoms with Crippen molar-refractivity contribution in [1.29, 1.82) is 0 Å². The average molecular weight is 400 g/mol. The van der Waals surface area contributed by atoms with Gasteiger partial charge >= 0.3 is 0 Å². The van der Waals surface area contributed by atoms with E-state index in [1.165, 1.54) is 0 Å². The van der Waals surface area contributed by atoms with Crippen LogP contribution in [-0.2, 0) is 13.1 Å². The van der Waals surface area contributed by atoms with Gasteiger partial charge in [0.1, 0.15) is 23.0 Å². The first-order valence-electron chi connectivity index (χ1n) is 9.29. The van der Waals surface area contributed by atoms with Crippen molar-refractivity contribution in [2.75, 3.05) is 7.11 Å². The standard InChI is InChI=1S/C22H22ClNO4/c1-14-10-18(14)20-8-6-17(28-20)13-24(12-16-4-3-9-27-16)22(25)15-5-7-21(26-2)19(23)11-15/h3-9,11,14,18H,10,12-13H2,1-2H3. The molecule has 0 radical (unpaired) electrons. The molecule has 0 aliphatic heterocycles. The fourth-order valence-electron chi connectivity index (χ4n) is 3.36. The molecule has 28 heavy (non-hydrogen) atoms. The third-order valence-corrected chi connectivity index (χ3v) is 5.41. The molecule has 0 N–H and O–H groups in total. The molecule has 1 fully saturated rings. The van der Waals surface area contributed by atoms with Crippen LogP contribution in [-0.4, -0.2) is 17.9 Å². The summed E-state index contributed by atoms with van der Waals surface area (Å²) in [5.74, 6) is 4.01. The first-order valence-corrected chi connectivity index (χ1v) is 9.66. The van der Waals surface area contributed by atoms with E-state index in [1.54, 1.807) is 36.5 Å². The smallest absolute Gasteiger partial charge is 0.254 e. The highest BCUT2D eigenvalue weighted by atomic mass is 35.5. The van der Waals surface area contributed by atoms with Gasteiger partial charge in [-0.15, -0.1) is 0 Å². The summed E-state index contributed by atoms with van der Waals surface area (Å²) in [6.45, 7) is 2.91. The molecule has 2 atom stereocenters. The Kier molecular flexibility index (Phi) is 5.18. The molecule has 0 spiro atoms. The second-order valence-corrected chi connectivity index (χ2v) is 7.62. The van der Waals surface area contributed by atoms with Crippen molar-refractivity contribution >= 4 is 17.5 Å². The first kappa shape index (κ1) is 18.7. The summed E-state index contributed by atoms with van der Waals surface area (Å²) in [6, 6.07) is 12.6. The Hall–Kier alpha value is -2.66. The number of carbonyl (C=O) groups is 1. The van der Waals surface area contributed by atoms with Gasteiger partial charge in [-0.3, -0.25) is 4.79 Å². The SMILES string of the molecule is COc1ccc(C(=O)N(Cc2ccco2)Cc2ccc(C3CC3C)o2)cc1Cl. The van der Waals surface area contributed by atoms with Gasteiger partial charge in [0.25, 0.3) is 5.91 Å². The van der Waals surface area contributed by atoms with Crippen LogP contribution in [0.2, 0.25) is 5.02 Å². The van der Waals surface area contributed by atoms with Crippen LogP contribution in [0, 0.1) is 5.92 Å². The van der Waals surface area contributed by atoms with Gasteiger partial charge < -0.3 is 18.5 Å². The van der Waals surface area contributed by atoms with Crippen LogP contribution < -0.4 is 4.74 Å². The van der Waals surface area contributed by atoms with Crippen LogP contribution in [0.4, 0.5) is 0 Å². The zero-order valence-corrected chi connectivity index (χ0v) is 16.6. The molecule has 1 aliphatic rings. The van der Waals surface area contributed by atoms with Crippen LogP contribution >= 0.6 is 11.6 Å². The lowest BCUT2D eigenvalue weighted by molar-refractivity contribution is 0.0704. The lowest BCUT2D eigenvalue weighted by Crippen LogP contribution is -2.29. The fourth-order valence-corrected chi connectivity index (χ4v) is 3.62. The molecule has 0 saturated heterocycles. The lowest BCUT2D eigenvalue weighted by atomic mass is 10.1. The Morgan fingerprint density at radius 2 is 2.00 bits per heavy atom. The molecular formula is C22H22ClNO4. The molecule has 1 aliphatic carbocycles. The Balaban J connectivity index is 1.56. The van der Waals surface area contributed by atoms with E-state index in [2.05, 4.69) is 6.92 Å². The van der Waals surface area contributed by atoms with Gasteiger partial charge in [0, 0.05) is 11.5 Å². The largest absolute Gasteiger partial charge is 0.495 e. The molecule has 146 valence electrons. The summed E-state index contributed by atoms with van der Waals surface area (Å²) in [7, 11) is 1.54. The summed E-state index contributed by atoms with van der Waals surface area (Å²) < 4.78 is 16.6. The summed E-state index contributed by atoms with van der Waals surface area (Å²) >= 11 is 6.21. The van der Waals surface area contributed by atoms with E-state index in [1.807, 2.05) is 24.3 Å². The van der Waals surface area contributed by atoms with Crippen LogP contribution in [0.25, 0.3) is 0 Å². The van der Waals surface area contributed by atoms with E-state index in [0.717, 1.165) is 17.9 Å². The van der Waals surface area contributed by atoms with Gasteiger partial charge in [-0.25, -0.2) is 0 Å². The predicted molar refractivity (Wildman–Crippen MR) is 106 cm³/mol. The highest BCUT2D eigenvalue weighted by Gasteiger charge is 2.36. The number of hydrogen-bond donors (Lipinski definition) is 0. The van der Waals surface area contributed by atoms with Crippen LogP contribution in [0.15, 0.2) is 57.6 Å². The Bertz CT molecular complexity index is 963. The third kappa shape index (κ3) is 3.94. The molecule has 2 unspecified atom stereocenters. The summed E-state index contributed by atoms with van der Waals surface area (Å²) in [5.41, 5.74) is 0.486. The van der Waals surface area contributed by atoms with E-state index >= 15 is 0 Å². The predicted octanol–water partition coefficient (Wildman–Crippen LogP) is 5.50. The van der Waals surface area contributed by atoms with Crippen molar-refractivity contribution < 1.29 is 18.4 Å². The zero-order chi connectivity index (χ0) is 19.7. The number of methoxy groups -OCH3 is 1. The molecule has 1 saturated carbocycles. The number of rotatable bonds is 7. The summed E-state index contributed by atoms with van der Waals surface area (Å²) in [5, 5.41) is 0.398.